The van der Waals surface area contributed by atoms with Gasteiger partial charge in [-0.3, -0.25) is 0 Å². The fourth-order valence-corrected chi connectivity index (χ4v) is 2.65. The van der Waals surface area contributed by atoms with E-state index in [1.165, 1.54) is 0 Å². The van der Waals surface area contributed by atoms with Crippen molar-refractivity contribution in [2.45, 2.75) is 13.3 Å². The zero-order chi connectivity index (χ0) is 19.2. The van der Waals surface area contributed by atoms with Gasteiger partial charge in [-0.25, -0.2) is 0 Å². The Labute approximate surface area is 157 Å². The van der Waals surface area contributed by atoms with Crippen LogP contribution < -0.4 is 18.9 Å². The molecule has 8 nitrogen and oxygen atoms in total. The number of nitrogens with zero attached hydrogens (tertiary/aromatic N) is 4. The molecule has 0 bridgehead atoms. The van der Waals surface area contributed by atoms with Crippen LogP contribution in [0.1, 0.15) is 13.3 Å². The smallest absolute Gasteiger partial charge is 0.203 e. The van der Waals surface area contributed by atoms with Gasteiger partial charge < -0.3 is 18.9 Å². The van der Waals surface area contributed by atoms with Crippen LogP contribution in [0.25, 0.3) is 17.1 Å². The minimum atomic E-state index is 0.510. The molecule has 1 heterocycles. The standard InChI is InChI=1S/C19H22N4O4/c1-5-10-27-15-8-6-13(7-9-15)19-20-21-22-23(19)14-11-16(24-2)18(26-4)17(12-14)25-3/h6-9,11-12H,5,10H2,1-4H3. The lowest BCUT2D eigenvalue weighted by atomic mass is 10.2. The molecule has 0 aliphatic rings. The van der Waals surface area contributed by atoms with Gasteiger partial charge >= 0.3 is 0 Å². The van der Waals surface area contributed by atoms with E-state index in [4.69, 9.17) is 18.9 Å². The second-order valence-electron chi connectivity index (χ2n) is 5.67. The summed E-state index contributed by atoms with van der Waals surface area (Å²) in [5.41, 5.74) is 1.55. The van der Waals surface area contributed by atoms with E-state index in [9.17, 15) is 0 Å². The summed E-state index contributed by atoms with van der Waals surface area (Å²) in [6, 6.07) is 11.2. The third-order valence-electron chi connectivity index (χ3n) is 3.95. The highest BCUT2D eigenvalue weighted by Crippen LogP contribution is 2.39. The SMILES string of the molecule is CCCOc1ccc(-c2nnnn2-c2cc(OC)c(OC)c(OC)c2)cc1. The number of ether oxygens (including phenoxy) is 4. The second kappa shape index (κ2) is 8.39. The zero-order valence-corrected chi connectivity index (χ0v) is 15.8. The molecule has 0 fully saturated rings. The van der Waals surface area contributed by atoms with Crippen molar-refractivity contribution in [3.63, 3.8) is 0 Å². The summed E-state index contributed by atoms with van der Waals surface area (Å²) in [5.74, 6) is 2.96. The van der Waals surface area contributed by atoms with Crippen molar-refractivity contribution in [2.75, 3.05) is 27.9 Å². The third-order valence-corrected chi connectivity index (χ3v) is 3.95. The maximum absolute atomic E-state index is 5.62. The van der Waals surface area contributed by atoms with E-state index in [0.717, 1.165) is 17.7 Å². The van der Waals surface area contributed by atoms with Gasteiger partial charge in [-0.15, -0.1) is 5.10 Å². The Balaban J connectivity index is 2.00. The van der Waals surface area contributed by atoms with Crippen LogP contribution in [-0.4, -0.2) is 48.1 Å². The molecular weight excluding hydrogens is 348 g/mol. The van der Waals surface area contributed by atoms with Gasteiger partial charge in [0.05, 0.1) is 33.6 Å². The first-order valence-corrected chi connectivity index (χ1v) is 8.53. The number of rotatable bonds is 8. The Morgan fingerprint density at radius 1 is 0.926 bits per heavy atom. The zero-order valence-electron chi connectivity index (χ0n) is 15.8. The van der Waals surface area contributed by atoms with Gasteiger partial charge in [0, 0.05) is 17.7 Å². The molecule has 0 amide bonds. The van der Waals surface area contributed by atoms with E-state index in [2.05, 4.69) is 22.4 Å². The average Bonchev–Trinajstić information content (AvgIpc) is 3.21. The Morgan fingerprint density at radius 2 is 1.59 bits per heavy atom. The molecular formula is C19H22N4O4. The van der Waals surface area contributed by atoms with E-state index < -0.39 is 0 Å². The van der Waals surface area contributed by atoms with Gasteiger partial charge in [0.2, 0.25) is 5.75 Å². The molecule has 0 saturated carbocycles. The molecule has 2 aromatic carbocycles. The summed E-state index contributed by atoms with van der Waals surface area (Å²) in [4.78, 5) is 0. The molecule has 0 unspecified atom stereocenters. The van der Waals surface area contributed by atoms with Crippen LogP contribution in [0.5, 0.6) is 23.0 Å². The molecule has 0 saturated heterocycles. The predicted molar refractivity (Wildman–Crippen MR) is 100 cm³/mol. The minimum Gasteiger partial charge on any atom is -0.494 e. The lowest BCUT2D eigenvalue weighted by molar-refractivity contribution is 0.317. The largest absolute Gasteiger partial charge is 0.494 e. The first kappa shape index (κ1) is 18.5. The maximum Gasteiger partial charge on any atom is 0.203 e. The quantitative estimate of drug-likeness (QED) is 0.602. The first-order chi connectivity index (χ1) is 13.2. The fourth-order valence-electron chi connectivity index (χ4n) is 2.65. The fraction of sp³-hybridized carbons (Fsp3) is 0.316. The van der Waals surface area contributed by atoms with Crippen molar-refractivity contribution < 1.29 is 18.9 Å². The van der Waals surface area contributed by atoms with Gasteiger partial charge in [-0.05, 0) is 41.1 Å². The number of tetrazole rings is 1. The highest BCUT2D eigenvalue weighted by molar-refractivity contribution is 5.62. The maximum atomic E-state index is 5.62. The summed E-state index contributed by atoms with van der Waals surface area (Å²) in [7, 11) is 4.69. The van der Waals surface area contributed by atoms with Crippen LogP contribution in [0, 0.1) is 0 Å². The summed E-state index contributed by atoms with van der Waals surface area (Å²) in [6.07, 6.45) is 0.959. The summed E-state index contributed by atoms with van der Waals surface area (Å²) in [6.45, 7) is 2.75. The van der Waals surface area contributed by atoms with Crippen LogP contribution in [0.2, 0.25) is 0 Å². The Bertz CT molecular complexity index is 868. The summed E-state index contributed by atoms with van der Waals surface area (Å²) < 4.78 is 23.4. The van der Waals surface area contributed by atoms with Gasteiger partial charge in [0.15, 0.2) is 17.3 Å². The molecule has 1 aromatic heterocycles. The topological polar surface area (TPSA) is 80.5 Å². The molecule has 0 aliphatic heterocycles. The minimum absolute atomic E-state index is 0.510. The Morgan fingerprint density at radius 3 is 2.15 bits per heavy atom. The number of methoxy groups -OCH3 is 3. The van der Waals surface area contributed by atoms with Gasteiger partial charge in [-0.2, -0.15) is 4.68 Å². The number of hydrogen-bond donors (Lipinski definition) is 0. The highest BCUT2D eigenvalue weighted by Gasteiger charge is 2.18. The summed E-state index contributed by atoms with van der Waals surface area (Å²) in [5, 5.41) is 12.1. The lowest BCUT2D eigenvalue weighted by Crippen LogP contribution is -2.03. The lowest BCUT2D eigenvalue weighted by Gasteiger charge is -2.14. The molecule has 0 spiro atoms. The van der Waals surface area contributed by atoms with Crippen molar-refractivity contribution >= 4 is 0 Å². The number of hydrogen-bond acceptors (Lipinski definition) is 7. The van der Waals surface area contributed by atoms with Gasteiger partial charge in [0.1, 0.15) is 5.75 Å². The predicted octanol–water partition coefficient (Wildman–Crippen LogP) is 3.14. The van der Waals surface area contributed by atoms with Crippen molar-refractivity contribution in [3.8, 4) is 40.1 Å². The van der Waals surface area contributed by atoms with Crippen LogP contribution in [-0.2, 0) is 0 Å². The van der Waals surface area contributed by atoms with E-state index in [1.807, 2.05) is 24.3 Å². The molecule has 0 atom stereocenters. The molecule has 3 aromatic rings. The number of benzene rings is 2. The van der Waals surface area contributed by atoms with E-state index >= 15 is 0 Å². The normalized spacial score (nSPS) is 10.5. The van der Waals surface area contributed by atoms with Crippen LogP contribution in [0.4, 0.5) is 0 Å². The molecule has 0 radical (unpaired) electrons. The van der Waals surface area contributed by atoms with Crippen molar-refractivity contribution in [1.82, 2.24) is 20.2 Å². The average molecular weight is 370 g/mol. The van der Waals surface area contributed by atoms with Crippen LogP contribution >= 0.6 is 0 Å². The molecule has 0 N–H and O–H groups in total. The van der Waals surface area contributed by atoms with Crippen LogP contribution in [0.15, 0.2) is 36.4 Å². The third kappa shape index (κ3) is 3.79. The van der Waals surface area contributed by atoms with Crippen molar-refractivity contribution in [1.29, 1.82) is 0 Å². The monoisotopic (exact) mass is 370 g/mol. The number of aromatic nitrogens is 4. The second-order valence-corrected chi connectivity index (χ2v) is 5.67. The van der Waals surface area contributed by atoms with Crippen molar-refractivity contribution in [3.05, 3.63) is 36.4 Å². The van der Waals surface area contributed by atoms with Crippen LogP contribution in [0.3, 0.4) is 0 Å². The highest BCUT2D eigenvalue weighted by atomic mass is 16.5. The molecule has 142 valence electrons. The molecule has 27 heavy (non-hydrogen) atoms. The first-order valence-electron chi connectivity index (χ1n) is 8.53. The van der Waals surface area contributed by atoms with Gasteiger partial charge in [0.25, 0.3) is 0 Å². The molecule has 0 aliphatic carbocycles. The summed E-state index contributed by atoms with van der Waals surface area (Å²) >= 11 is 0. The van der Waals surface area contributed by atoms with E-state index in [1.54, 1.807) is 38.1 Å². The van der Waals surface area contributed by atoms with Gasteiger partial charge in [-0.1, -0.05) is 6.92 Å². The Kier molecular flexibility index (Phi) is 5.75. The van der Waals surface area contributed by atoms with E-state index in [0.29, 0.717) is 35.4 Å². The molecule has 8 heteroatoms. The van der Waals surface area contributed by atoms with E-state index in [-0.39, 0.29) is 0 Å². The Hall–Kier alpha value is -3.29. The van der Waals surface area contributed by atoms with Crippen molar-refractivity contribution in [2.24, 2.45) is 0 Å². The molecule has 3 rings (SSSR count).